The molecule has 0 aliphatic heterocycles. The van der Waals surface area contributed by atoms with Gasteiger partial charge in [0, 0.05) is 59.7 Å². The Hall–Kier alpha value is -7.09. The van der Waals surface area contributed by atoms with E-state index in [0.717, 1.165) is 86.9 Å². The average molecular weight is 850 g/mol. The number of rotatable bonds is 12. The zero-order valence-corrected chi connectivity index (χ0v) is 36.2. The number of aromatic nitrogens is 7. The minimum Gasteiger partial charge on any atom is -0.399 e. The lowest BCUT2D eigenvalue weighted by molar-refractivity contribution is 0.827. The molecule has 0 unspecified atom stereocenters. The molecule has 0 radical (unpaired) electrons. The molecule has 0 fully saturated rings. The summed E-state index contributed by atoms with van der Waals surface area (Å²) >= 11 is 3.29. The number of pyridine rings is 3. The number of hydrogen-bond acceptors (Lipinski definition) is 13. The Morgan fingerprint density at radius 3 is 1.40 bits per heavy atom. The maximum Gasteiger partial charge on any atom is 0.164 e. The number of nitrogen functional groups attached to an aromatic ring is 2. The molecule has 6 N–H and O–H groups in total. The van der Waals surface area contributed by atoms with Crippen LogP contribution >= 0.6 is 23.5 Å². The van der Waals surface area contributed by atoms with Gasteiger partial charge in [-0.2, -0.15) is 0 Å². The fraction of sp³-hybridized carbons (Fsp3) is 0.122. The van der Waals surface area contributed by atoms with Crippen molar-refractivity contribution in [2.45, 2.75) is 59.1 Å². The summed E-state index contributed by atoms with van der Waals surface area (Å²) in [6, 6.07) is 40.7. The molecule has 11 nitrogen and oxygen atoms in total. The van der Waals surface area contributed by atoms with E-state index in [1.807, 2.05) is 79.0 Å². The van der Waals surface area contributed by atoms with Gasteiger partial charge < -0.3 is 22.1 Å². The predicted octanol–water partition coefficient (Wildman–Crippen LogP) is 12.3. The van der Waals surface area contributed by atoms with Crippen molar-refractivity contribution in [1.82, 2.24) is 34.9 Å². The quantitative estimate of drug-likeness (QED) is 0.0859. The van der Waals surface area contributed by atoms with Crippen LogP contribution in [0, 0.1) is 0 Å². The number of hydrogen-bond donors (Lipinski definition) is 4. The minimum absolute atomic E-state index is 0.280. The first-order valence-electron chi connectivity index (χ1n) is 20.2. The van der Waals surface area contributed by atoms with Crippen molar-refractivity contribution in [3.8, 4) is 22.4 Å². The van der Waals surface area contributed by atoms with Crippen molar-refractivity contribution < 1.29 is 0 Å². The van der Waals surface area contributed by atoms with E-state index in [9.17, 15) is 0 Å². The smallest absolute Gasteiger partial charge is 0.164 e. The molecule has 306 valence electrons. The second-order valence-electron chi connectivity index (χ2n) is 15.4. The molecule has 0 aliphatic rings. The summed E-state index contributed by atoms with van der Waals surface area (Å²) in [5.41, 5.74) is 22.2. The minimum atomic E-state index is 0.280. The summed E-state index contributed by atoms with van der Waals surface area (Å²) in [6.07, 6.45) is 5.03. The highest BCUT2D eigenvalue weighted by Gasteiger charge is 2.16. The Morgan fingerprint density at radius 1 is 0.468 bits per heavy atom. The molecule has 9 aromatic rings. The fourth-order valence-corrected chi connectivity index (χ4v) is 8.61. The van der Waals surface area contributed by atoms with Crippen molar-refractivity contribution in [2.75, 3.05) is 22.1 Å². The molecule has 13 heteroatoms. The summed E-state index contributed by atoms with van der Waals surface area (Å²) in [7, 11) is 0. The molecule has 4 aromatic carbocycles. The standard InChI is InChI=1S/C49H43N11S2/c1-28(2)39-19-16-37-46(57-39)53-26-55-48(37)59-42-23-30(6-21-44(42)61-35-12-8-33(50)9-13-35)32-5-18-41(52-25-32)31-7-22-45(62-36-14-10-34(51)11-15-36)43(24-31)60-49-38-17-20-40(29(3)4)58-47(38)54-27-56-49/h5-29H,50-51H2,1-4H3,(H,53,55,57,59)(H,54,56,58,60). The van der Waals surface area contributed by atoms with Crippen LogP contribution in [0.2, 0.25) is 0 Å². The number of nitrogens with one attached hydrogen (secondary N) is 2. The van der Waals surface area contributed by atoms with Gasteiger partial charge in [-0.25, -0.2) is 29.9 Å². The molecule has 5 aromatic heterocycles. The van der Waals surface area contributed by atoms with Crippen LogP contribution in [0.15, 0.2) is 160 Å². The van der Waals surface area contributed by atoms with Gasteiger partial charge >= 0.3 is 0 Å². The second kappa shape index (κ2) is 17.5. The zero-order valence-electron chi connectivity index (χ0n) is 34.5. The topological polar surface area (TPSA) is 166 Å². The van der Waals surface area contributed by atoms with Gasteiger partial charge in [-0.3, -0.25) is 4.98 Å². The lowest BCUT2D eigenvalue weighted by Crippen LogP contribution is -2.01. The van der Waals surface area contributed by atoms with Crippen molar-refractivity contribution in [3.05, 3.63) is 152 Å². The first-order chi connectivity index (χ1) is 30.1. The molecular weight excluding hydrogens is 807 g/mol. The first kappa shape index (κ1) is 40.3. The molecule has 9 rings (SSSR count). The Kier molecular flexibility index (Phi) is 11.4. The van der Waals surface area contributed by atoms with Crippen LogP contribution in [0.1, 0.15) is 50.9 Å². The van der Waals surface area contributed by atoms with E-state index in [4.69, 9.17) is 26.4 Å². The Morgan fingerprint density at radius 2 is 0.935 bits per heavy atom. The van der Waals surface area contributed by atoms with Gasteiger partial charge in [0.25, 0.3) is 0 Å². The SMILES string of the molecule is CC(C)c1ccc2c(Nc3cc(-c4ccc(-c5ccc(Sc6ccc(N)cc6)c(Nc6ncnc7nc(C(C)C)ccc67)c5)nc4)ccc3Sc3ccc(N)cc3)ncnc2n1. The predicted molar refractivity (Wildman–Crippen MR) is 254 cm³/mol. The van der Waals surface area contributed by atoms with Crippen LogP contribution < -0.4 is 22.1 Å². The molecule has 0 amide bonds. The molecule has 0 saturated heterocycles. The van der Waals surface area contributed by atoms with Crippen LogP contribution in [-0.4, -0.2) is 34.9 Å². The van der Waals surface area contributed by atoms with E-state index < -0.39 is 0 Å². The third-order valence-corrected chi connectivity index (χ3v) is 12.5. The maximum absolute atomic E-state index is 6.01. The molecule has 0 spiro atoms. The summed E-state index contributed by atoms with van der Waals surface area (Å²) in [6.45, 7) is 8.49. The van der Waals surface area contributed by atoms with Crippen molar-refractivity contribution >= 4 is 80.0 Å². The van der Waals surface area contributed by atoms with Gasteiger partial charge in [-0.1, -0.05) is 69.4 Å². The first-order valence-corrected chi connectivity index (χ1v) is 21.9. The van der Waals surface area contributed by atoms with E-state index in [1.54, 1.807) is 36.2 Å². The third-order valence-electron chi connectivity index (χ3n) is 10.3. The van der Waals surface area contributed by atoms with Gasteiger partial charge in [0.1, 0.15) is 24.3 Å². The molecule has 0 bridgehead atoms. The third kappa shape index (κ3) is 8.85. The van der Waals surface area contributed by atoms with Gasteiger partial charge in [-0.15, -0.1) is 0 Å². The Balaban J connectivity index is 1.05. The van der Waals surface area contributed by atoms with Crippen LogP contribution in [0.4, 0.5) is 34.4 Å². The Labute approximate surface area is 368 Å². The largest absolute Gasteiger partial charge is 0.399 e. The highest BCUT2D eigenvalue weighted by atomic mass is 32.2. The van der Waals surface area contributed by atoms with Crippen LogP contribution in [-0.2, 0) is 0 Å². The van der Waals surface area contributed by atoms with Crippen LogP contribution in [0.5, 0.6) is 0 Å². The molecule has 5 heterocycles. The number of fused-ring (bicyclic) bond motifs is 2. The van der Waals surface area contributed by atoms with Gasteiger partial charge in [0.2, 0.25) is 0 Å². The molecular formula is C49H43N11S2. The molecule has 0 saturated carbocycles. The van der Waals surface area contributed by atoms with E-state index in [1.165, 1.54) is 0 Å². The normalized spacial score (nSPS) is 11.5. The van der Waals surface area contributed by atoms with E-state index in [0.29, 0.717) is 22.9 Å². The number of nitrogens with zero attached hydrogens (tertiary/aromatic N) is 7. The van der Waals surface area contributed by atoms with Gasteiger partial charge in [0.05, 0.1) is 27.8 Å². The monoisotopic (exact) mass is 849 g/mol. The summed E-state index contributed by atoms with van der Waals surface area (Å²) in [4.78, 5) is 37.1. The Bertz CT molecular complexity index is 2840. The molecule has 62 heavy (non-hydrogen) atoms. The lowest BCUT2D eigenvalue weighted by Gasteiger charge is -2.16. The van der Waals surface area contributed by atoms with Gasteiger partial charge in [-0.05, 0) is 121 Å². The number of nitrogens with two attached hydrogens (primary N) is 2. The van der Waals surface area contributed by atoms with Crippen LogP contribution in [0.3, 0.4) is 0 Å². The summed E-state index contributed by atoms with van der Waals surface area (Å²) < 4.78 is 0. The number of benzene rings is 4. The average Bonchev–Trinajstić information content (AvgIpc) is 3.29. The van der Waals surface area contributed by atoms with Crippen molar-refractivity contribution in [3.63, 3.8) is 0 Å². The molecule has 0 aliphatic carbocycles. The fourth-order valence-electron chi connectivity index (χ4n) is 6.84. The zero-order chi connectivity index (χ0) is 42.7. The van der Waals surface area contributed by atoms with Gasteiger partial charge in [0.15, 0.2) is 11.3 Å². The van der Waals surface area contributed by atoms with Crippen LogP contribution in [0.25, 0.3) is 44.5 Å². The van der Waals surface area contributed by atoms with Crippen molar-refractivity contribution in [2.24, 2.45) is 0 Å². The van der Waals surface area contributed by atoms with E-state index in [2.05, 4.69) is 107 Å². The maximum atomic E-state index is 6.01. The highest BCUT2D eigenvalue weighted by Crippen LogP contribution is 2.41. The lowest BCUT2D eigenvalue weighted by atomic mass is 10.0. The van der Waals surface area contributed by atoms with E-state index >= 15 is 0 Å². The molecule has 0 atom stereocenters. The van der Waals surface area contributed by atoms with Crippen molar-refractivity contribution in [1.29, 1.82) is 0 Å². The second-order valence-corrected chi connectivity index (χ2v) is 17.6. The highest BCUT2D eigenvalue weighted by molar-refractivity contribution is 7.99. The van der Waals surface area contributed by atoms with E-state index in [-0.39, 0.29) is 11.8 Å². The summed E-state index contributed by atoms with van der Waals surface area (Å²) in [5.74, 6) is 1.91. The summed E-state index contributed by atoms with van der Waals surface area (Å²) in [5, 5.41) is 8.93. The number of anilines is 6.